The molecule has 0 saturated heterocycles. The summed E-state index contributed by atoms with van der Waals surface area (Å²) < 4.78 is 0. The minimum atomic E-state index is -0.133. The maximum absolute atomic E-state index is 13.3. The molecular formula is C21H28O3. The van der Waals surface area contributed by atoms with Crippen LogP contribution in [0.5, 0.6) is 0 Å². The second kappa shape index (κ2) is 5.12. The summed E-state index contributed by atoms with van der Waals surface area (Å²) in [7, 11) is 0. The third kappa shape index (κ3) is 1.99. The van der Waals surface area contributed by atoms with Crippen LogP contribution in [0.3, 0.4) is 0 Å². The summed E-state index contributed by atoms with van der Waals surface area (Å²) in [6.45, 7) is 6.12. The van der Waals surface area contributed by atoms with E-state index in [0.717, 1.165) is 32.1 Å². The number of hydrogen-bond donors (Lipinski definition) is 0. The highest BCUT2D eigenvalue weighted by Crippen LogP contribution is 2.65. The number of hydrogen-bond acceptors (Lipinski definition) is 3. The van der Waals surface area contributed by atoms with Crippen LogP contribution < -0.4 is 0 Å². The van der Waals surface area contributed by atoms with Gasteiger partial charge in [0.1, 0.15) is 11.6 Å². The maximum Gasteiger partial charge on any atom is 0.155 e. The first kappa shape index (κ1) is 16.2. The molecule has 3 fully saturated rings. The third-order valence-corrected chi connectivity index (χ3v) is 8.14. The fourth-order valence-electron chi connectivity index (χ4n) is 7.05. The lowest BCUT2D eigenvalue weighted by molar-refractivity contribution is -0.148. The molecule has 0 unspecified atom stereocenters. The predicted molar refractivity (Wildman–Crippen MR) is 91.3 cm³/mol. The van der Waals surface area contributed by atoms with Crippen molar-refractivity contribution >= 4 is 17.3 Å². The minimum Gasteiger partial charge on any atom is -0.300 e. The summed E-state index contributed by atoms with van der Waals surface area (Å²) in [5.41, 5.74) is 0.966. The van der Waals surface area contributed by atoms with E-state index in [1.54, 1.807) is 6.92 Å². The van der Waals surface area contributed by atoms with Crippen LogP contribution in [0.4, 0.5) is 0 Å². The Bertz CT molecular complexity index is 660. The van der Waals surface area contributed by atoms with Gasteiger partial charge in [-0.25, -0.2) is 0 Å². The predicted octanol–water partition coefficient (Wildman–Crippen LogP) is 3.90. The number of ketones is 3. The van der Waals surface area contributed by atoms with E-state index in [1.165, 1.54) is 5.57 Å². The Labute approximate surface area is 144 Å². The highest BCUT2D eigenvalue weighted by atomic mass is 16.1. The summed E-state index contributed by atoms with van der Waals surface area (Å²) >= 11 is 0. The van der Waals surface area contributed by atoms with Crippen LogP contribution in [0, 0.1) is 34.5 Å². The van der Waals surface area contributed by atoms with Gasteiger partial charge < -0.3 is 0 Å². The Hall–Kier alpha value is -1.25. The highest BCUT2D eigenvalue weighted by Gasteiger charge is 2.62. The molecule has 0 bridgehead atoms. The first-order valence-corrected chi connectivity index (χ1v) is 9.54. The number of fused-ring (bicyclic) bond motifs is 5. The third-order valence-electron chi connectivity index (χ3n) is 8.14. The Morgan fingerprint density at radius 1 is 1.12 bits per heavy atom. The first-order chi connectivity index (χ1) is 11.3. The van der Waals surface area contributed by atoms with Crippen LogP contribution in [0.2, 0.25) is 0 Å². The van der Waals surface area contributed by atoms with E-state index in [2.05, 4.69) is 13.8 Å². The van der Waals surface area contributed by atoms with Crippen LogP contribution in [0.15, 0.2) is 11.6 Å². The van der Waals surface area contributed by atoms with Crippen LogP contribution in [0.25, 0.3) is 0 Å². The molecule has 0 spiro atoms. The summed E-state index contributed by atoms with van der Waals surface area (Å²) in [5, 5.41) is 0. The van der Waals surface area contributed by atoms with E-state index in [0.29, 0.717) is 30.5 Å². The molecular weight excluding hydrogens is 300 g/mol. The zero-order valence-electron chi connectivity index (χ0n) is 15.1. The molecule has 0 aromatic rings. The number of Topliss-reactive ketones (excluding diaryl/α,β-unsaturated/α-hetero) is 2. The number of carbonyl (C=O) groups excluding carboxylic acids is 3. The van der Waals surface area contributed by atoms with Gasteiger partial charge in [0.25, 0.3) is 0 Å². The number of rotatable bonds is 1. The van der Waals surface area contributed by atoms with Crippen molar-refractivity contribution in [3.05, 3.63) is 11.6 Å². The van der Waals surface area contributed by atoms with Crippen molar-refractivity contribution in [1.82, 2.24) is 0 Å². The standard InChI is InChI=1S/C21H28O3/c1-12(22)16-6-7-17-15-5-4-13-10-14(23)8-9-20(13,2)19(15)18(24)11-21(16,17)3/h10,15-17,19H,4-9,11H2,1-3H3/t15-,16-,17+,19-,20+,21+/m0/s1. The molecule has 0 N–H and O–H groups in total. The van der Waals surface area contributed by atoms with Gasteiger partial charge in [-0.2, -0.15) is 0 Å². The maximum atomic E-state index is 13.3. The monoisotopic (exact) mass is 328 g/mol. The largest absolute Gasteiger partial charge is 0.300 e. The van der Waals surface area contributed by atoms with Crippen molar-refractivity contribution < 1.29 is 14.4 Å². The van der Waals surface area contributed by atoms with Gasteiger partial charge in [-0.15, -0.1) is 0 Å². The van der Waals surface area contributed by atoms with E-state index in [-0.39, 0.29) is 34.2 Å². The Morgan fingerprint density at radius 2 is 1.88 bits per heavy atom. The molecule has 6 atom stereocenters. The summed E-state index contributed by atoms with van der Waals surface area (Å²) in [5.74, 6) is 1.86. The van der Waals surface area contributed by atoms with Crippen molar-refractivity contribution in [3.63, 3.8) is 0 Å². The molecule has 3 saturated carbocycles. The molecule has 4 aliphatic carbocycles. The minimum absolute atomic E-state index is 0.0603. The second-order valence-corrected chi connectivity index (χ2v) is 9.23. The lowest BCUT2D eigenvalue weighted by atomic mass is 9.46. The number of carbonyl (C=O) groups is 3. The second-order valence-electron chi connectivity index (χ2n) is 9.23. The van der Waals surface area contributed by atoms with Crippen LogP contribution in [0.1, 0.15) is 65.7 Å². The molecule has 130 valence electrons. The molecule has 0 heterocycles. The summed E-state index contributed by atoms with van der Waals surface area (Å²) in [6, 6.07) is 0. The Kier molecular flexibility index (Phi) is 3.47. The van der Waals surface area contributed by atoms with Crippen molar-refractivity contribution in [2.75, 3.05) is 0 Å². The average molecular weight is 328 g/mol. The van der Waals surface area contributed by atoms with Crippen molar-refractivity contribution in [3.8, 4) is 0 Å². The van der Waals surface area contributed by atoms with Gasteiger partial charge in [0.15, 0.2) is 5.78 Å². The van der Waals surface area contributed by atoms with Gasteiger partial charge in [-0.05, 0) is 67.8 Å². The quantitative estimate of drug-likeness (QED) is 0.733. The highest BCUT2D eigenvalue weighted by molar-refractivity contribution is 5.93. The number of allylic oxidation sites excluding steroid dienone is 1. The fourth-order valence-corrected chi connectivity index (χ4v) is 7.05. The molecule has 4 aliphatic rings. The smallest absolute Gasteiger partial charge is 0.155 e. The average Bonchev–Trinajstić information content (AvgIpc) is 2.84. The van der Waals surface area contributed by atoms with Crippen LogP contribution >= 0.6 is 0 Å². The lowest BCUT2D eigenvalue weighted by Gasteiger charge is -2.56. The van der Waals surface area contributed by atoms with E-state index in [4.69, 9.17) is 0 Å². The van der Waals surface area contributed by atoms with Crippen LogP contribution in [-0.2, 0) is 14.4 Å². The van der Waals surface area contributed by atoms with Crippen molar-refractivity contribution in [2.45, 2.75) is 65.7 Å². The van der Waals surface area contributed by atoms with Gasteiger partial charge >= 0.3 is 0 Å². The van der Waals surface area contributed by atoms with Crippen molar-refractivity contribution in [2.24, 2.45) is 34.5 Å². The van der Waals surface area contributed by atoms with Gasteiger partial charge in [0.05, 0.1) is 0 Å². The zero-order chi connectivity index (χ0) is 17.3. The summed E-state index contributed by atoms with van der Waals surface area (Å²) in [4.78, 5) is 37.3. The topological polar surface area (TPSA) is 51.2 Å². The Balaban J connectivity index is 1.74. The molecule has 0 radical (unpaired) electrons. The van der Waals surface area contributed by atoms with Gasteiger partial charge in [0, 0.05) is 24.7 Å². The molecule has 0 aromatic heterocycles. The molecule has 0 aliphatic heterocycles. The zero-order valence-corrected chi connectivity index (χ0v) is 15.1. The summed E-state index contributed by atoms with van der Waals surface area (Å²) in [6.07, 6.45) is 7.80. The fraction of sp³-hybridized carbons (Fsp3) is 0.762. The van der Waals surface area contributed by atoms with Crippen molar-refractivity contribution in [1.29, 1.82) is 0 Å². The Morgan fingerprint density at radius 3 is 2.58 bits per heavy atom. The lowest BCUT2D eigenvalue weighted by Crippen LogP contribution is -2.55. The molecule has 0 aromatic carbocycles. The van der Waals surface area contributed by atoms with E-state index < -0.39 is 0 Å². The molecule has 0 amide bonds. The molecule has 4 rings (SSSR count). The SMILES string of the molecule is CC(=O)[C@@H]1CC[C@@H]2[C@@H]3CCC4=CC(=O)CC[C@@]4(C)[C@@H]3C(=O)C[C@@]21C. The van der Waals surface area contributed by atoms with Gasteiger partial charge in [0.2, 0.25) is 0 Å². The first-order valence-electron chi connectivity index (χ1n) is 9.54. The molecule has 3 heteroatoms. The molecule has 3 nitrogen and oxygen atoms in total. The normalized spacial score (nSPS) is 47.5. The van der Waals surface area contributed by atoms with Gasteiger partial charge in [-0.1, -0.05) is 19.4 Å². The van der Waals surface area contributed by atoms with E-state index in [9.17, 15) is 14.4 Å². The molecule has 24 heavy (non-hydrogen) atoms. The van der Waals surface area contributed by atoms with E-state index >= 15 is 0 Å². The van der Waals surface area contributed by atoms with Gasteiger partial charge in [-0.3, -0.25) is 14.4 Å². The van der Waals surface area contributed by atoms with E-state index in [1.807, 2.05) is 6.08 Å². The van der Waals surface area contributed by atoms with Crippen LogP contribution in [-0.4, -0.2) is 17.3 Å².